The molecule has 1 heteroatoms. The van der Waals surface area contributed by atoms with Crippen LogP contribution in [0, 0.1) is 0 Å². The van der Waals surface area contributed by atoms with Crippen molar-refractivity contribution in [2.45, 2.75) is 38.9 Å². The van der Waals surface area contributed by atoms with Crippen LogP contribution in [0.25, 0.3) is 0 Å². The first-order chi connectivity index (χ1) is 9.99. The fourth-order valence-corrected chi connectivity index (χ4v) is 5.84. The molecule has 0 saturated heterocycles. The van der Waals surface area contributed by atoms with Crippen LogP contribution in [-0.4, -0.2) is 8.07 Å². The Morgan fingerprint density at radius 3 is 2.05 bits per heavy atom. The van der Waals surface area contributed by atoms with Crippen LogP contribution in [-0.2, 0) is 0 Å². The van der Waals surface area contributed by atoms with Crippen LogP contribution >= 0.6 is 0 Å². The largest absolute Gasteiger partial charge is 0.0845 e. The van der Waals surface area contributed by atoms with Crippen molar-refractivity contribution in [3.05, 3.63) is 77.9 Å². The molecule has 0 heterocycles. The minimum atomic E-state index is -1.38. The van der Waals surface area contributed by atoms with Gasteiger partial charge in [0.25, 0.3) is 0 Å². The van der Waals surface area contributed by atoms with Gasteiger partial charge in [-0.3, -0.25) is 0 Å². The Morgan fingerprint density at radius 1 is 0.952 bits per heavy atom. The summed E-state index contributed by atoms with van der Waals surface area (Å²) in [5.74, 6) is 0.492. The fourth-order valence-electron chi connectivity index (χ4n) is 3.03. The first-order valence-electron chi connectivity index (χ1n) is 7.77. The van der Waals surface area contributed by atoms with Crippen LogP contribution in [0.5, 0.6) is 0 Å². The van der Waals surface area contributed by atoms with Gasteiger partial charge in [0.1, 0.15) is 0 Å². The van der Waals surface area contributed by atoms with Crippen LogP contribution in [0.15, 0.2) is 72.3 Å². The lowest BCUT2D eigenvalue weighted by Crippen LogP contribution is -2.41. The van der Waals surface area contributed by atoms with E-state index in [-0.39, 0.29) is 0 Å². The zero-order valence-corrected chi connectivity index (χ0v) is 14.6. The van der Waals surface area contributed by atoms with Crippen LogP contribution in [0.2, 0.25) is 19.1 Å². The van der Waals surface area contributed by atoms with Crippen LogP contribution in [0.1, 0.15) is 25.3 Å². The first-order valence-corrected chi connectivity index (χ1v) is 11.0. The molecular formula is C20H26Si. The second-order valence-corrected chi connectivity index (χ2v) is 11.3. The van der Waals surface area contributed by atoms with Crippen molar-refractivity contribution in [1.29, 1.82) is 0 Å². The van der Waals surface area contributed by atoms with E-state index in [2.05, 4.69) is 93.7 Å². The number of hydrogen-bond donors (Lipinski definition) is 0. The molecule has 2 rings (SSSR count). The highest BCUT2D eigenvalue weighted by atomic mass is 28.3. The van der Waals surface area contributed by atoms with Crippen molar-refractivity contribution >= 4 is 13.3 Å². The summed E-state index contributed by atoms with van der Waals surface area (Å²) in [5.41, 5.74) is 2.92. The molecule has 0 aliphatic rings. The molecule has 21 heavy (non-hydrogen) atoms. The molecule has 2 aromatic rings. The van der Waals surface area contributed by atoms with Crippen molar-refractivity contribution in [3.63, 3.8) is 0 Å². The Balaban J connectivity index is 2.10. The minimum Gasteiger partial charge on any atom is -0.0790 e. The first kappa shape index (κ1) is 15.8. The molecule has 0 amide bonds. The molecule has 0 aliphatic carbocycles. The Morgan fingerprint density at radius 2 is 1.48 bits per heavy atom. The van der Waals surface area contributed by atoms with Crippen molar-refractivity contribution in [2.24, 2.45) is 0 Å². The van der Waals surface area contributed by atoms with E-state index in [1.807, 2.05) is 0 Å². The Bertz CT molecular complexity index is 582. The molecule has 0 fully saturated rings. The van der Waals surface area contributed by atoms with Gasteiger partial charge in [-0.05, 0) is 24.4 Å². The summed E-state index contributed by atoms with van der Waals surface area (Å²) < 4.78 is 0. The summed E-state index contributed by atoms with van der Waals surface area (Å²) in [4.78, 5) is 0. The van der Waals surface area contributed by atoms with E-state index in [4.69, 9.17) is 0 Å². The lowest BCUT2D eigenvalue weighted by molar-refractivity contribution is 0.951. The molecule has 0 aliphatic heterocycles. The van der Waals surface area contributed by atoms with Gasteiger partial charge >= 0.3 is 0 Å². The van der Waals surface area contributed by atoms with E-state index in [9.17, 15) is 0 Å². The highest BCUT2D eigenvalue weighted by molar-refractivity contribution is 6.90. The minimum absolute atomic E-state index is 0.492. The molecule has 110 valence electrons. The van der Waals surface area contributed by atoms with Crippen molar-refractivity contribution < 1.29 is 0 Å². The number of rotatable bonds is 5. The Labute approximate surface area is 130 Å². The van der Waals surface area contributed by atoms with E-state index in [1.54, 1.807) is 5.19 Å². The predicted octanol–water partition coefficient (Wildman–Crippen LogP) is 5.35. The van der Waals surface area contributed by atoms with Gasteiger partial charge in [-0.2, -0.15) is 0 Å². The Hall–Kier alpha value is -1.60. The van der Waals surface area contributed by atoms with E-state index >= 15 is 0 Å². The zero-order chi connectivity index (χ0) is 15.3. The van der Waals surface area contributed by atoms with Crippen LogP contribution in [0.4, 0.5) is 0 Å². The standard InChI is InChI=1S/C20H26Si/c1-17(15-18(2)19-11-7-5-8-12-19)16-21(3,4)20-13-9-6-10-14-20/h5-15,18H,16H2,1-4H3/b17-15+. The normalized spacial score (nSPS) is 14.0. The van der Waals surface area contributed by atoms with Crippen molar-refractivity contribution in [1.82, 2.24) is 0 Å². The van der Waals surface area contributed by atoms with Gasteiger partial charge in [-0.1, -0.05) is 97.5 Å². The predicted molar refractivity (Wildman–Crippen MR) is 97.0 cm³/mol. The third-order valence-electron chi connectivity index (χ3n) is 4.14. The maximum Gasteiger partial charge on any atom is 0.0845 e. The molecule has 0 saturated carbocycles. The maximum atomic E-state index is 2.47. The smallest absolute Gasteiger partial charge is 0.0790 e. The summed E-state index contributed by atoms with van der Waals surface area (Å²) in [5, 5.41) is 1.55. The number of benzene rings is 2. The molecule has 0 nitrogen and oxygen atoms in total. The van der Waals surface area contributed by atoms with Gasteiger partial charge in [0.05, 0.1) is 8.07 Å². The summed E-state index contributed by atoms with van der Waals surface area (Å²) in [6.07, 6.45) is 2.44. The van der Waals surface area contributed by atoms with Crippen molar-refractivity contribution in [2.75, 3.05) is 0 Å². The molecular weight excluding hydrogens is 268 g/mol. The molecule has 0 spiro atoms. The van der Waals surface area contributed by atoms with Crippen LogP contribution < -0.4 is 5.19 Å². The third-order valence-corrected chi connectivity index (χ3v) is 7.47. The van der Waals surface area contributed by atoms with Gasteiger partial charge in [-0.25, -0.2) is 0 Å². The van der Waals surface area contributed by atoms with Gasteiger partial charge < -0.3 is 0 Å². The van der Waals surface area contributed by atoms with Crippen LogP contribution in [0.3, 0.4) is 0 Å². The summed E-state index contributed by atoms with van der Waals surface area (Å²) in [6.45, 7) is 9.51. The van der Waals surface area contributed by atoms with Crippen molar-refractivity contribution in [3.8, 4) is 0 Å². The quantitative estimate of drug-likeness (QED) is 0.515. The molecule has 1 unspecified atom stereocenters. The monoisotopic (exact) mass is 294 g/mol. The number of hydrogen-bond acceptors (Lipinski definition) is 0. The van der Waals surface area contributed by atoms with Gasteiger partial charge in [0.15, 0.2) is 0 Å². The molecule has 0 N–H and O–H groups in total. The second-order valence-electron chi connectivity index (χ2n) is 6.64. The lowest BCUT2D eigenvalue weighted by atomic mass is 9.99. The average Bonchev–Trinajstić information content (AvgIpc) is 2.48. The zero-order valence-electron chi connectivity index (χ0n) is 13.6. The molecule has 0 aromatic heterocycles. The lowest BCUT2D eigenvalue weighted by Gasteiger charge is -2.24. The fraction of sp³-hybridized carbons (Fsp3) is 0.300. The van der Waals surface area contributed by atoms with E-state index < -0.39 is 8.07 Å². The highest BCUT2D eigenvalue weighted by Gasteiger charge is 2.23. The molecule has 0 radical (unpaired) electrons. The summed E-state index contributed by atoms with van der Waals surface area (Å²) in [7, 11) is -1.38. The average molecular weight is 295 g/mol. The summed E-state index contributed by atoms with van der Waals surface area (Å²) >= 11 is 0. The van der Waals surface area contributed by atoms with E-state index in [1.165, 1.54) is 17.2 Å². The summed E-state index contributed by atoms with van der Waals surface area (Å²) in [6, 6.07) is 23.0. The molecule has 1 atom stereocenters. The maximum absolute atomic E-state index is 2.47. The van der Waals surface area contributed by atoms with Gasteiger partial charge in [0.2, 0.25) is 0 Å². The van der Waals surface area contributed by atoms with E-state index in [0.29, 0.717) is 5.92 Å². The number of allylic oxidation sites excluding steroid dienone is 2. The SMILES string of the molecule is C/C(=C\C(C)c1ccccc1)C[Si](C)(C)c1ccccc1. The molecule has 0 bridgehead atoms. The van der Waals surface area contributed by atoms with E-state index in [0.717, 1.165) is 0 Å². The highest BCUT2D eigenvalue weighted by Crippen LogP contribution is 2.22. The topological polar surface area (TPSA) is 0 Å². The Kier molecular flexibility index (Phi) is 5.19. The third kappa shape index (κ3) is 4.43. The second kappa shape index (κ2) is 6.90. The van der Waals surface area contributed by atoms with Gasteiger partial charge in [-0.15, -0.1) is 0 Å². The molecule has 2 aromatic carbocycles. The van der Waals surface area contributed by atoms with Gasteiger partial charge in [0, 0.05) is 0 Å².